The van der Waals surface area contributed by atoms with Gasteiger partial charge in [-0.1, -0.05) is 13.0 Å². The molecule has 1 atom stereocenters. The Morgan fingerprint density at radius 3 is 2.79 bits per heavy atom. The van der Waals surface area contributed by atoms with Gasteiger partial charge in [0.15, 0.2) is 0 Å². The van der Waals surface area contributed by atoms with Gasteiger partial charge in [-0.3, -0.25) is 0 Å². The van der Waals surface area contributed by atoms with Crippen LogP contribution in [0.25, 0.3) is 0 Å². The van der Waals surface area contributed by atoms with E-state index in [0.29, 0.717) is 0 Å². The number of benzene rings is 1. The Bertz CT molecular complexity index is 553. The third-order valence-electron chi connectivity index (χ3n) is 3.12. The predicted octanol–water partition coefficient (Wildman–Crippen LogP) is 4.85. The smallest absolute Gasteiger partial charge is 0.123 e. The highest BCUT2D eigenvalue weighted by molar-refractivity contribution is 9.10. The minimum atomic E-state index is -0.164. The molecule has 19 heavy (non-hydrogen) atoms. The second kappa shape index (κ2) is 6.64. The SMILES string of the molecule is CCNC(Cc1cc(F)ccc1C)c1cc(Br)cs1. The molecular weight excluding hydrogens is 325 g/mol. The largest absolute Gasteiger partial charge is 0.309 e. The molecule has 0 radical (unpaired) electrons. The van der Waals surface area contributed by atoms with Crippen molar-refractivity contribution in [2.24, 2.45) is 0 Å². The fourth-order valence-electron chi connectivity index (χ4n) is 2.11. The van der Waals surface area contributed by atoms with Gasteiger partial charge >= 0.3 is 0 Å². The number of hydrogen-bond acceptors (Lipinski definition) is 2. The molecule has 1 aromatic heterocycles. The summed E-state index contributed by atoms with van der Waals surface area (Å²) in [4.78, 5) is 1.28. The molecule has 0 aliphatic heterocycles. The van der Waals surface area contributed by atoms with Crippen molar-refractivity contribution in [3.8, 4) is 0 Å². The van der Waals surface area contributed by atoms with Gasteiger partial charge in [0.05, 0.1) is 0 Å². The van der Waals surface area contributed by atoms with Gasteiger partial charge in [-0.15, -0.1) is 11.3 Å². The van der Waals surface area contributed by atoms with Crippen LogP contribution in [0.5, 0.6) is 0 Å². The van der Waals surface area contributed by atoms with Crippen LogP contribution in [0.2, 0.25) is 0 Å². The maximum atomic E-state index is 13.4. The topological polar surface area (TPSA) is 12.0 Å². The molecule has 1 heterocycles. The standard InChI is InChI=1S/C15H17BrFNS/c1-3-18-14(15-8-12(16)9-19-15)7-11-6-13(17)5-4-10(11)2/h4-6,8-9,14,18H,3,7H2,1-2H3. The van der Waals surface area contributed by atoms with Gasteiger partial charge in [0, 0.05) is 20.8 Å². The third kappa shape index (κ3) is 3.88. The zero-order valence-electron chi connectivity index (χ0n) is 11.0. The molecule has 0 amide bonds. The Morgan fingerprint density at radius 1 is 1.37 bits per heavy atom. The van der Waals surface area contributed by atoms with Crippen LogP contribution in [0.15, 0.2) is 34.1 Å². The lowest BCUT2D eigenvalue weighted by molar-refractivity contribution is 0.553. The van der Waals surface area contributed by atoms with Crippen molar-refractivity contribution in [2.45, 2.75) is 26.3 Å². The van der Waals surface area contributed by atoms with E-state index in [9.17, 15) is 4.39 Å². The number of hydrogen-bond donors (Lipinski definition) is 1. The summed E-state index contributed by atoms with van der Waals surface area (Å²) in [5.74, 6) is -0.164. The molecule has 4 heteroatoms. The Kier molecular flexibility index (Phi) is 5.13. The van der Waals surface area contributed by atoms with Gasteiger partial charge in [-0.05, 0) is 65.1 Å². The van der Waals surface area contributed by atoms with Crippen molar-refractivity contribution in [1.82, 2.24) is 5.32 Å². The minimum absolute atomic E-state index is 0.164. The van der Waals surface area contributed by atoms with E-state index in [-0.39, 0.29) is 11.9 Å². The molecule has 0 bridgehead atoms. The maximum absolute atomic E-state index is 13.4. The minimum Gasteiger partial charge on any atom is -0.309 e. The average Bonchev–Trinajstić information content (AvgIpc) is 2.80. The molecule has 1 aromatic carbocycles. The van der Waals surface area contributed by atoms with Crippen LogP contribution in [0, 0.1) is 12.7 Å². The monoisotopic (exact) mass is 341 g/mol. The van der Waals surface area contributed by atoms with Gasteiger partial charge in [0.25, 0.3) is 0 Å². The lowest BCUT2D eigenvalue weighted by atomic mass is 10.00. The highest BCUT2D eigenvalue weighted by Gasteiger charge is 2.15. The van der Waals surface area contributed by atoms with E-state index >= 15 is 0 Å². The lowest BCUT2D eigenvalue weighted by Crippen LogP contribution is -2.22. The molecule has 0 aliphatic carbocycles. The molecule has 2 rings (SSSR count). The van der Waals surface area contributed by atoms with E-state index in [0.717, 1.165) is 28.6 Å². The molecule has 1 unspecified atom stereocenters. The Labute approximate surface area is 126 Å². The summed E-state index contributed by atoms with van der Waals surface area (Å²) in [6.45, 7) is 5.02. The second-order valence-corrected chi connectivity index (χ2v) is 6.41. The van der Waals surface area contributed by atoms with Crippen molar-refractivity contribution in [1.29, 1.82) is 0 Å². The summed E-state index contributed by atoms with van der Waals surface area (Å²) in [5, 5.41) is 5.56. The Balaban J connectivity index is 2.23. The average molecular weight is 342 g/mol. The van der Waals surface area contributed by atoms with E-state index < -0.39 is 0 Å². The summed E-state index contributed by atoms with van der Waals surface area (Å²) in [5.41, 5.74) is 2.20. The van der Waals surface area contributed by atoms with E-state index in [1.165, 1.54) is 10.9 Å². The predicted molar refractivity (Wildman–Crippen MR) is 83.3 cm³/mol. The fraction of sp³-hybridized carbons (Fsp3) is 0.333. The van der Waals surface area contributed by atoms with Crippen molar-refractivity contribution in [2.75, 3.05) is 6.54 Å². The summed E-state index contributed by atoms with van der Waals surface area (Å²) in [6.07, 6.45) is 0.810. The van der Waals surface area contributed by atoms with Crippen LogP contribution in [0.4, 0.5) is 4.39 Å². The van der Waals surface area contributed by atoms with Crippen LogP contribution in [-0.2, 0) is 6.42 Å². The third-order valence-corrected chi connectivity index (χ3v) is 4.92. The molecule has 0 aliphatic rings. The number of nitrogens with one attached hydrogen (secondary N) is 1. The number of halogens is 2. The molecule has 0 saturated carbocycles. The summed E-state index contributed by atoms with van der Waals surface area (Å²) >= 11 is 5.21. The van der Waals surface area contributed by atoms with E-state index in [2.05, 4.69) is 39.6 Å². The van der Waals surface area contributed by atoms with Crippen LogP contribution in [0.3, 0.4) is 0 Å². The highest BCUT2D eigenvalue weighted by atomic mass is 79.9. The normalized spacial score (nSPS) is 12.6. The molecule has 1 N–H and O–H groups in total. The first-order valence-electron chi connectivity index (χ1n) is 6.32. The molecule has 2 aromatic rings. The number of aryl methyl sites for hydroxylation is 1. The van der Waals surface area contributed by atoms with E-state index in [1.54, 1.807) is 17.4 Å². The Morgan fingerprint density at radius 2 is 2.16 bits per heavy atom. The van der Waals surface area contributed by atoms with Crippen molar-refractivity contribution in [3.05, 3.63) is 55.9 Å². The first-order valence-corrected chi connectivity index (χ1v) is 7.99. The summed E-state index contributed by atoms with van der Waals surface area (Å²) in [7, 11) is 0. The van der Waals surface area contributed by atoms with Crippen LogP contribution in [0.1, 0.15) is 29.0 Å². The van der Waals surface area contributed by atoms with Crippen molar-refractivity contribution in [3.63, 3.8) is 0 Å². The zero-order valence-corrected chi connectivity index (χ0v) is 13.4. The van der Waals surface area contributed by atoms with Gasteiger partial charge in [-0.25, -0.2) is 4.39 Å². The molecule has 0 fully saturated rings. The van der Waals surface area contributed by atoms with Gasteiger partial charge in [0.2, 0.25) is 0 Å². The molecular formula is C15H17BrFNS. The van der Waals surface area contributed by atoms with Crippen LogP contribution >= 0.6 is 27.3 Å². The number of likely N-dealkylation sites (N-methyl/N-ethyl adjacent to an activating group) is 1. The molecule has 1 nitrogen and oxygen atoms in total. The lowest BCUT2D eigenvalue weighted by Gasteiger charge is -2.18. The summed E-state index contributed by atoms with van der Waals surface area (Å²) < 4.78 is 14.5. The van der Waals surface area contributed by atoms with E-state index in [4.69, 9.17) is 0 Å². The Hall–Kier alpha value is -0.710. The van der Waals surface area contributed by atoms with E-state index in [1.807, 2.05) is 13.0 Å². The molecule has 0 spiro atoms. The van der Waals surface area contributed by atoms with Crippen LogP contribution in [-0.4, -0.2) is 6.54 Å². The van der Waals surface area contributed by atoms with Gasteiger partial charge in [-0.2, -0.15) is 0 Å². The summed E-state index contributed by atoms with van der Waals surface area (Å²) in [6, 6.07) is 7.37. The van der Waals surface area contributed by atoms with Crippen LogP contribution < -0.4 is 5.32 Å². The zero-order chi connectivity index (χ0) is 13.8. The first-order chi connectivity index (χ1) is 9.10. The van der Waals surface area contributed by atoms with Crippen molar-refractivity contribution >= 4 is 27.3 Å². The second-order valence-electron chi connectivity index (χ2n) is 4.55. The fourth-order valence-corrected chi connectivity index (χ4v) is 3.63. The quantitative estimate of drug-likeness (QED) is 0.819. The maximum Gasteiger partial charge on any atom is 0.123 e. The first kappa shape index (κ1) is 14.7. The highest BCUT2D eigenvalue weighted by Crippen LogP contribution is 2.28. The number of thiophene rings is 1. The van der Waals surface area contributed by atoms with Gasteiger partial charge in [0.1, 0.15) is 5.82 Å². The van der Waals surface area contributed by atoms with Gasteiger partial charge < -0.3 is 5.32 Å². The van der Waals surface area contributed by atoms with Crippen molar-refractivity contribution < 1.29 is 4.39 Å². The molecule has 102 valence electrons. The number of rotatable bonds is 5. The molecule has 0 saturated heterocycles.